The molecule has 2 N–H and O–H groups in total. The summed E-state index contributed by atoms with van der Waals surface area (Å²) in [6.45, 7) is 2.99. The van der Waals surface area contributed by atoms with Crippen LogP contribution in [0.5, 0.6) is 12.0 Å². The van der Waals surface area contributed by atoms with Crippen molar-refractivity contribution in [3.8, 4) is 12.0 Å². The van der Waals surface area contributed by atoms with Gasteiger partial charge in [0.15, 0.2) is 0 Å². The van der Waals surface area contributed by atoms with Crippen LogP contribution < -0.4 is 15.2 Å². The Kier molecular flexibility index (Phi) is 2.84. The minimum Gasteiger partial charge on any atom is -0.464 e. The van der Waals surface area contributed by atoms with Gasteiger partial charge in [0.1, 0.15) is 0 Å². The van der Waals surface area contributed by atoms with E-state index in [-0.39, 0.29) is 18.0 Å². The normalized spacial score (nSPS) is 15.0. The van der Waals surface area contributed by atoms with Gasteiger partial charge in [0, 0.05) is 0 Å². The highest BCUT2D eigenvalue weighted by molar-refractivity contribution is 5.20. The quantitative estimate of drug-likeness (QED) is 0.767. The van der Waals surface area contributed by atoms with Crippen LogP contribution in [0, 0.1) is 5.92 Å². The van der Waals surface area contributed by atoms with E-state index in [1.54, 1.807) is 0 Å². The number of nitrogens with two attached hydrogens (primary N) is 1. The van der Waals surface area contributed by atoms with Crippen LogP contribution in [0.3, 0.4) is 0 Å². The third kappa shape index (κ3) is 2.93. The molecule has 0 radical (unpaired) electrons. The summed E-state index contributed by atoms with van der Waals surface area (Å²) in [5.41, 5.74) is 5.49. The van der Waals surface area contributed by atoms with E-state index in [0.717, 1.165) is 0 Å². The van der Waals surface area contributed by atoms with E-state index in [1.807, 2.05) is 6.92 Å². The average Bonchev–Trinajstić information content (AvgIpc) is 2.98. The second kappa shape index (κ2) is 4.29. The maximum Gasteiger partial charge on any atom is 0.324 e. The van der Waals surface area contributed by atoms with Gasteiger partial charge in [-0.1, -0.05) is 0 Å². The second-order valence-corrected chi connectivity index (χ2v) is 3.45. The van der Waals surface area contributed by atoms with Crippen LogP contribution >= 0.6 is 0 Å². The molecule has 1 saturated carbocycles. The zero-order valence-electron chi connectivity index (χ0n) is 8.64. The summed E-state index contributed by atoms with van der Waals surface area (Å²) in [4.78, 5) is 11.7. The molecule has 1 heterocycles. The molecular weight excluding hydrogens is 196 g/mol. The standard InChI is InChI=1S/C9H14N4O2/c1-2-14-8-11-7(10)12-9(13-8)15-5-6-3-4-6/h6H,2-5H2,1H3,(H2,10,11,12,13). The molecule has 0 bridgehead atoms. The lowest BCUT2D eigenvalue weighted by Gasteiger charge is -2.05. The van der Waals surface area contributed by atoms with Crippen LogP contribution in [-0.2, 0) is 0 Å². The van der Waals surface area contributed by atoms with Crippen LogP contribution in [0.2, 0.25) is 0 Å². The third-order valence-electron chi connectivity index (χ3n) is 2.03. The predicted octanol–water partition coefficient (Wildman–Crippen LogP) is 0.641. The molecule has 6 nitrogen and oxygen atoms in total. The molecule has 0 saturated heterocycles. The number of aromatic nitrogens is 3. The minimum absolute atomic E-state index is 0.124. The number of hydrogen-bond donors (Lipinski definition) is 1. The number of rotatable bonds is 5. The Morgan fingerprint density at radius 1 is 1.20 bits per heavy atom. The highest BCUT2D eigenvalue weighted by Gasteiger charge is 2.22. The number of nitrogen functional groups attached to an aromatic ring is 1. The Morgan fingerprint density at radius 2 is 1.87 bits per heavy atom. The monoisotopic (exact) mass is 210 g/mol. The summed E-state index contributed by atoms with van der Waals surface area (Å²) >= 11 is 0. The van der Waals surface area contributed by atoms with Crippen LogP contribution in [0.25, 0.3) is 0 Å². The molecule has 0 amide bonds. The zero-order chi connectivity index (χ0) is 10.7. The molecule has 15 heavy (non-hydrogen) atoms. The van der Waals surface area contributed by atoms with Crippen molar-refractivity contribution < 1.29 is 9.47 Å². The van der Waals surface area contributed by atoms with Gasteiger partial charge < -0.3 is 15.2 Å². The molecule has 0 aromatic carbocycles. The summed E-state index contributed by atoms with van der Waals surface area (Å²) in [7, 11) is 0. The van der Waals surface area contributed by atoms with Gasteiger partial charge in [0.2, 0.25) is 5.95 Å². The Labute approximate surface area is 87.8 Å². The molecule has 1 aromatic heterocycles. The highest BCUT2D eigenvalue weighted by atomic mass is 16.5. The fourth-order valence-corrected chi connectivity index (χ4v) is 1.09. The van der Waals surface area contributed by atoms with Crippen molar-refractivity contribution in [2.75, 3.05) is 18.9 Å². The van der Waals surface area contributed by atoms with Crippen LogP contribution in [0.4, 0.5) is 5.95 Å². The zero-order valence-corrected chi connectivity index (χ0v) is 8.64. The lowest BCUT2D eigenvalue weighted by molar-refractivity contribution is 0.259. The van der Waals surface area contributed by atoms with Crippen molar-refractivity contribution in [2.24, 2.45) is 5.92 Å². The number of hydrogen-bond acceptors (Lipinski definition) is 6. The van der Waals surface area contributed by atoms with Gasteiger partial charge in [-0.15, -0.1) is 4.98 Å². The van der Waals surface area contributed by atoms with E-state index in [2.05, 4.69) is 15.0 Å². The van der Waals surface area contributed by atoms with Crippen molar-refractivity contribution in [3.05, 3.63) is 0 Å². The lowest BCUT2D eigenvalue weighted by Crippen LogP contribution is -2.08. The predicted molar refractivity (Wildman–Crippen MR) is 53.6 cm³/mol. The molecule has 1 fully saturated rings. The summed E-state index contributed by atoms with van der Waals surface area (Å²) in [5.74, 6) is 0.776. The van der Waals surface area contributed by atoms with Crippen molar-refractivity contribution >= 4 is 5.95 Å². The summed E-state index contributed by atoms with van der Waals surface area (Å²) in [5, 5.41) is 0. The van der Waals surface area contributed by atoms with Crippen molar-refractivity contribution in [2.45, 2.75) is 19.8 Å². The molecule has 82 valence electrons. The fraction of sp³-hybridized carbons (Fsp3) is 0.667. The van der Waals surface area contributed by atoms with E-state index in [1.165, 1.54) is 12.8 Å². The topological polar surface area (TPSA) is 83.2 Å². The Bertz CT molecular complexity index is 341. The minimum atomic E-state index is 0.124. The first-order chi connectivity index (χ1) is 7.28. The lowest BCUT2D eigenvalue weighted by atomic mass is 10.5. The van der Waals surface area contributed by atoms with Crippen molar-refractivity contribution in [1.82, 2.24) is 15.0 Å². The van der Waals surface area contributed by atoms with Crippen LogP contribution in [-0.4, -0.2) is 28.2 Å². The fourth-order valence-electron chi connectivity index (χ4n) is 1.09. The maximum absolute atomic E-state index is 5.49. The van der Waals surface area contributed by atoms with Crippen molar-refractivity contribution in [3.63, 3.8) is 0 Å². The SMILES string of the molecule is CCOc1nc(N)nc(OCC2CC2)n1. The van der Waals surface area contributed by atoms with Gasteiger partial charge in [-0.3, -0.25) is 0 Å². The molecule has 1 aliphatic carbocycles. The van der Waals surface area contributed by atoms with Crippen LogP contribution in [0.15, 0.2) is 0 Å². The first-order valence-corrected chi connectivity index (χ1v) is 5.05. The molecule has 0 aliphatic heterocycles. The Balaban J connectivity index is 2.00. The van der Waals surface area contributed by atoms with E-state index in [0.29, 0.717) is 19.1 Å². The van der Waals surface area contributed by atoms with E-state index >= 15 is 0 Å². The number of anilines is 1. The van der Waals surface area contributed by atoms with Crippen molar-refractivity contribution in [1.29, 1.82) is 0 Å². The van der Waals surface area contributed by atoms with E-state index < -0.39 is 0 Å². The smallest absolute Gasteiger partial charge is 0.324 e. The molecule has 0 unspecified atom stereocenters. The van der Waals surface area contributed by atoms with E-state index in [9.17, 15) is 0 Å². The van der Waals surface area contributed by atoms with Gasteiger partial charge in [-0.25, -0.2) is 0 Å². The largest absolute Gasteiger partial charge is 0.464 e. The molecule has 2 rings (SSSR count). The molecule has 0 spiro atoms. The Morgan fingerprint density at radius 3 is 2.47 bits per heavy atom. The van der Waals surface area contributed by atoms with Crippen LogP contribution in [0.1, 0.15) is 19.8 Å². The average molecular weight is 210 g/mol. The van der Waals surface area contributed by atoms with Gasteiger partial charge in [0.05, 0.1) is 13.2 Å². The van der Waals surface area contributed by atoms with Gasteiger partial charge in [0.25, 0.3) is 0 Å². The molecule has 1 aliphatic rings. The van der Waals surface area contributed by atoms with Gasteiger partial charge >= 0.3 is 12.0 Å². The third-order valence-corrected chi connectivity index (χ3v) is 2.03. The first-order valence-electron chi connectivity index (χ1n) is 5.05. The molecule has 6 heteroatoms. The Hall–Kier alpha value is -1.59. The molecule has 0 atom stereocenters. The maximum atomic E-state index is 5.49. The first kappa shape index (κ1) is 9.95. The number of nitrogens with zero attached hydrogens (tertiary/aromatic N) is 3. The van der Waals surface area contributed by atoms with Gasteiger partial charge in [-0.05, 0) is 25.7 Å². The summed E-state index contributed by atoms with van der Waals surface area (Å²) in [6.07, 6.45) is 2.44. The molecule has 1 aromatic rings. The molecular formula is C9H14N4O2. The summed E-state index contributed by atoms with van der Waals surface area (Å²) < 4.78 is 10.5. The second-order valence-electron chi connectivity index (χ2n) is 3.45. The number of ether oxygens (including phenoxy) is 2. The van der Waals surface area contributed by atoms with E-state index in [4.69, 9.17) is 15.2 Å². The highest BCUT2D eigenvalue weighted by Crippen LogP contribution is 2.29. The van der Waals surface area contributed by atoms with Gasteiger partial charge in [-0.2, -0.15) is 9.97 Å². The summed E-state index contributed by atoms with van der Waals surface area (Å²) in [6, 6.07) is 0.466.